The lowest BCUT2D eigenvalue weighted by Crippen LogP contribution is -2.35. The zero-order valence-corrected chi connectivity index (χ0v) is 19.2. The minimum Gasteiger partial charge on any atom is -0.454 e. The fourth-order valence-electron chi connectivity index (χ4n) is 5.24. The summed E-state index contributed by atoms with van der Waals surface area (Å²) in [6.07, 6.45) is 8.07. The maximum Gasteiger partial charge on any atom is 0.231 e. The Hall–Kier alpha value is -1.31. The van der Waals surface area contributed by atoms with Crippen molar-refractivity contribution in [1.29, 1.82) is 0 Å². The quantitative estimate of drug-likeness (QED) is 0.653. The third-order valence-electron chi connectivity index (χ3n) is 7.28. The largest absolute Gasteiger partial charge is 0.454 e. The summed E-state index contributed by atoms with van der Waals surface area (Å²) >= 11 is 0. The van der Waals surface area contributed by atoms with Gasteiger partial charge in [0.05, 0.1) is 5.75 Å². The second-order valence-corrected chi connectivity index (χ2v) is 11.7. The zero-order chi connectivity index (χ0) is 21.1. The van der Waals surface area contributed by atoms with Crippen LogP contribution in [0.5, 0.6) is 11.5 Å². The van der Waals surface area contributed by atoms with E-state index in [0.717, 1.165) is 43.3 Å². The molecule has 4 rings (SSSR count). The fourth-order valence-corrected chi connectivity index (χ4v) is 6.47. The van der Waals surface area contributed by atoms with Gasteiger partial charge in [0.2, 0.25) is 16.8 Å². The average molecular weight is 437 g/mol. The second kappa shape index (κ2) is 9.45. The number of nitrogens with zero attached hydrogens (tertiary/aromatic N) is 2. The van der Waals surface area contributed by atoms with Crippen LogP contribution in [0, 0.1) is 11.8 Å². The lowest BCUT2D eigenvalue weighted by Gasteiger charge is -2.34. The molecule has 30 heavy (non-hydrogen) atoms. The summed E-state index contributed by atoms with van der Waals surface area (Å²) in [6.45, 7) is 3.80. The minimum atomic E-state index is -3.07. The Kier molecular flexibility index (Phi) is 6.90. The van der Waals surface area contributed by atoms with E-state index in [-0.39, 0.29) is 0 Å². The van der Waals surface area contributed by atoms with Gasteiger partial charge in [0.1, 0.15) is 0 Å². The van der Waals surface area contributed by atoms with Gasteiger partial charge in [0.25, 0.3) is 0 Å². The van der Waals surface area contributed by atoms with E-state index in [0.29, 0.717) is 24.4 Å². The molecule has 1 saturated carbocycles. The van der Waals surface area contributed by atoms with Gasteiger partial charge in [-0.2, -0.15) is 0 Å². The Labute approximate surface area is 181 Å². The maximum atomic E-state index is 12.1. The molecule has 1 aromatic carbocycles. The first-order valence-corrected chi connectivity index (χ1v) is 13.0. The molecule has 2 heterocycles. The predicted octanol–water partition coefficient (Wildman–Crippen LogP) is 3.68. The van der Waals surface area contributed by atoms with Crippen molar-refractivity contribution in [2.75, 3.05) is 46.3 Å². The Bertz CT molecular complexity index is 810. The van der Waals surface area contributed by atoms with Crippen LogP contribution in [0.2, 0.25) is 0 Å². The monoisotopic (exact) mass is 436 g/mol. The first kappa shape index (κ1) is 21.9. The summed E-state index contributed by atoms with van der Waals surface area (Å²) in [5.74, 6) is 3.82. The lowest BCUT2D eigenvalue weighted by molar-refractivity contribution is 0.168. The Morgan fingerprint density at radius 1 is 1.00 bits per heavy atom. The third-order valence-corrected chi connectivity index (χ3v) is 9.28. The van der Waals surface area contributed by atoms with Crippen LogP contribution in [-0.2, 0) is 10.0 Å². The number of rotatable bonds is 7. The van der Waals surface area contributed by atoms with Crippen molar-refractivity contribution < 1.29 is 17.9 Å². The van der Waals surface area contributed by atoms with Crippen LogP contribution in [0.1, 0.15) is 56.4 Å². The number of hydrogen-bond donors (Lipinski definition) is 0. The molecular formula is C23H36N2O4S. The normalized spacial score (nSPS) is 25.7. The molecule has 1 aliphatic carbocycles. The van der Waals surface area contributed by atoms with Gasteiger partial charge in [0, 0.05) is 19.7 Å². The molecule has 6 nitrogen and oxygen atoms in total. The minimum absolute atomic E-state index is 0.318. The number of piperidine rings is 1. The molecule has 2 aliphatic heterocycles. The summed E-state index contributed by atoms with van der Waals surface area (Å²) in [5, 5.41) is 0. The maximum absolute atomic E-state index is 12.1. The van der Waals surface area contributed by atoms with E-state index < -0.39 is 10.0 Å². The number of likely N-dealkylation sites (tertiary alicyclic amines) is 1. The van der Waals surface area contributed by atoms with E-state index >= 15 is 0 Å². The number of ether oxygens (including phenoxy) is 2. The van der Waals surface area contributed by atoms with Crippen LogP contribution >= 0.6 is 0 Å². The molecule has 7 heteroatoms. The molecule has 0 aromatic heterocycles. The van der Waals surface area contributed by atoms with Crippen molar-refractivity contribution in [2.45, 2.75) is 50.9 Å². The van der Waals surface area contributed by atoms with Crippen molar-refractivity contribution in [1.82, 2.24) is 9.21 Å². The SMILES string of the molecule is CN(C)S(=O)(=O)CC1CCC(CCN2CCC(c3cccc4c3OCO4)CC2)CC1. The Balaban J connectivity index is 1.18. The van der Waals surface area contributed by atoms with E-state index in [4.69, 9.17) is 9.47 Å². The van der Waals surface area contributed by atoms with Gasteiger partial charge >= 0.3 is 0 Å². The van der Waals surface area contributed by atoms with E-state index in [1.165, 1.54) is 48.5 Å². The molecule has 0 spiro atoms. The topological polar surface area (TPSA) is 59.1 Å². The third kappa shape index (κ3) is 5.11. The summed E-state index contributed by atoms with van der Waals surface area (Å²) < 4.78 is 36.8. The highest BCUT2D eigenvalue weighted by molar-refractivity contribution is 7.89. The molecule has 0 amide bonds. The first-order valence-electron chi connectivity index (χ1n) is 11.4. The molecule has 0 N–H and O–H groups in total. The first-order chi connectivity index (χ1) is 14.4. The van der Waals surface area contributed by atoms with Crippen molar-refractivity contribution in [3.8, 4) is 11.5 Å². The molecule has 3 aliphatic rings. The van der Waals surface area contributed by atoms with E-state index in [2.05, 4.69) is 17.0 Å². The van der Waals surface area contributed by atoms with Gasteiger partial charge in [-0.25, -0.2) is 12.7 Å². The average Bonchev–Trinajstić information content (AvgIpc) is 3.22. The number of benzene rings is 1. The highest BCUT2D eigenvalue weighted by atomic mass is 32.2. The van der Waals surface area contributed by atoms with Crippen LogP contribution in [0.25, 0.3) is 0 Å². The smallest absolute Gasteiger partial charge is 0.231 e. The summed E-state index contributed by atoms with van der Waals surface area (Å²) in [7, 11) is 0.201. The van der Waals surface area contributed by atoms with Gasteiger partial charge in [-0.15, -0.1) is 0 Å². The molecular weight excluding hydrogens is 400 g/mol. The second-order valence-electron chi connectivity index (χ2n) is 9.43. The number of fused-ring (bicyclic) bond motifs is 1. The number of para-hydroxylation sites is 1. The van der Waals surface area contributed by atoms with Crippen LogP contribution in [0.4, 0.5) is 0 Å². The standard InChI is InChI=1S/C23H36N2O4S/c1-24(2)30(26,27)16-19-8-6-18(7-9-19)10-13-25-14-11-20(12-15-25)21-4-3-5-22-23(21)29-17-28-22/h3-5,18-20H,6-17H2,1-2H3. The van der Waals surface area contributed by atoms with Crippen LogP contribution < -0.4 is 9.47 Å². The molecule has 1 saturated heterocycles. The van der Waals surface area contributed by atoms with Crippen LogP contribution in [0.3, 0.4) is 0 Å². The van der Waals surface area contributed by atoms with Crippen molar-refractivity contribution in [3.05, 3.63) is 23.8 Å². The predicted molar refractivity (Wildman–Crippen MR) is 119 cm³/mol. The molecule has 1 aromatic rings. The molecule has 2 fully saturated rings. The van der Waals surface area contributed by atoms with Gasteiger partial charge in [-0.3, -0.25) is 0 Å². The molecule has 168 valence electrons. The lowest BCUT2D eigenvalue weighted by atomic mass is 9.81. The summed E-state index contributed by atoms with van der Waals surface area (Å²) in [4.78, 5) is 2.61. The van der Waals surface area contributed by atoms with Gasteiger partial charge in [-0.05, 0) is 75.6 Å². The highest BCUT2D eigenvalue weighted by Gasteiger charge is 2.29. The Morgan fingerprint density at radius 3 is 2.40 bits per heavy atom. The fraction of sp³-hybridized carbons (Fsp3) is 0.739. The van der Waals surface area contributed by atoms with E-state index in [1.807, 2.05) is 6.07 Å². The van der Waals surface area contributed by atoms with E-state index in [9.17, 15) is 8.42 Å². The summed E-state index contributed by atoms with van der Waals surface area (Å²) in [6, 6.07) is 6.27. The van der Waals surface area contributed by atoms with Crippen molar-refractivity contribution in [3.63, 3.8) is 0 Å². The molecule has 0 unspecified atom stereocenters. The van der Waals surface area contributed by atoms with Gasteiger partial charge in [-0.1, -0.05) is 25.0 Å². The van der Waals surface area contributed by atoms with Crippen LogP contribution in [0.15, 0.2) is 18.2 Å². The molecule has 0 atom stereocenters. The highest BCUT2D eigenvalue weighted by Crippen LogP contribution is 2.42. The molecule has 0 radical (unpaired) electrons. The van der Waals surface area contributed by atoms with Crippen LogP contribution in [-0.4, -0.2) is 63.9 Å². The van der Waals surface area contributed by atoms with Gasteiger partial charge in [0.15, 0.2) is 11.5 Å². The Morgan fingerprint density at radius 2 is 1.70 bits per heavy atom. The number of hydrogen-bond acceptors (Lipinski definition) is 5. The van der Waals surface area contributed by atoms with E-state index in [1.54, 1.807) is 14.1 Å². The zero-order valence-electron chi connectivity index (χ0n) is 18.4. The molecule has 0 bridgehead atoms. The van der Waals surface area contributed by atoms with Crippen molar-refractivity contribution in [2.24, 2.45) is 11.8 Å². The van der Waals surface area contributed by atoms with Gasteiger partial charge < -0.3 is 14.4 Å². The van der Waals surface area contributed by atoms with Crippen molar-refractivity contribution >= 4 is 10.0 Å². The number of sulfonamides is 1. The summed E-state index contributed by atoms with van der Waals surface area (Å²) in [5.41, 5.74) is 1.32.